The second-order valence-electron chi connectivity index (χ2n) is 6.14. The Hall–Kier alpha value is -3.15. The van der Waals surface area contributed by atoms with Gasteiger partial charge in [-0.15, -0.1) is 0 Å². The molecule has 0 unspecified atom stereocenters. The number of nitrogens with one attached hydrogen (secondary N) is 2. The molecule has 2 aromatic rings. The van der Waals surface area contributed by atoms with Crippen molar-refractivity contribution >= 4 is 29.1 Å². The predicted octanol–water partition coefficient (Wildman–Crippen LogP) is 2.43. The minimum Gasteiger partial charge on any atom is -0.352 e. The molecule has 134 valence electrons. The maximum absolute atomic E-state index is 12.6. The van der Waals surface area contributed by atoms with Gasteiger partial charge in [0.2, 0.25) is 11.8 Å². The molecule has 0 radical (unpaired) electrons. The van der Waals surface area contributed by atoms with Crippen LogP contribution in [-0.2, 0) is 9.59 Å². The number of para-hydroxylation sites is 2. The van der Waals surface area contributed by atoms with Gasteiger partial charge in [-0.1, -0.05) is 30.3 Å². The Kier molecular flexibility index (Phi) is 5.31. The van der Waals surface area contributed by atoms with E-state index in [1.54, 1.807) is 29.2 Å². The zero-order valence-corrected chi connectivity index (χ0v) is 14.6. The van der Waals surface area contributed by atoms with E-state index in [4.69, 9.17) is 0 Å². The molecule has 1 atom stereocenters. The number of rotatable bonds is 5. The molecule has 0 bridgehead atoms. The van der Waals surface area contributed by atoms with Crippen LogP contribution in [0.2, 0.25) is 0 Å². The first kappa shape index (κ1) is 17.7. The minimum atomic E-state index is -0.454. The summed E-state index contributed by atoms with van der Waals surface area (Å²) in [5.74, 6) is -1.02. The molecule has 3 amide bonds. The Balaban J connectivity index is 1.72. The molecule has 3 rings (SSSR count). The summed E-state index contributed by atoms with van der Waals surface area (Å²) in [4.78, 5) is 38.7. The number of amides is 3. The first-order valence-corrected chi connectivity index (χ1v) is 8.63. The van der Waals surface area contributed by atoms with Crippen LogP contribution in [0.25, 0.3) is 0 Å². The van der Waals surface area contributed by atoms with Crippen LogP contribution in [0.5, 0.6) is 0 Å². The summed E-state index contributed by atoms with van der Waals surface area (Å²) in [5, 5.41) is 5.53. The van der Waals surface area contributed by atoms with Crippen molar-refractivity contribution in [2.24, 2.45) is 5.92 Å². The van der Waals surface area contributed by atoms with Crippen molar-refractivity contribution < 1.29 is 14.4 Å². The van der Waals surface area contributed by atoms with E-state index in [2.05, 4.69) is 10.6 Å². The molecule has 1 saturated heterocycles. The van der Waals surface area contributed by atoms with E-state index in [0.29, 0.717) is 24.3 Å². The van der Waals surface area contributed by atoms with Crippen molar-refractivity contribution in [1.82, 2.24) is 5.32 Å². The van der Waals surface area contributed by atoms with Gasteiger partial charge in [0.1, 0.15) is 0 Å². The van der Waals surface area contributed by atoms with E-state index in [1.165, 1.54) is 0 Å². The third kappa shape index (κ3) is 3.74. The van der Waals surface area contributed by atoms with E-state index in [1.807, 2.05) is 37.3 Å². The van der Waals surface area contributed by atoms with Gasteiger partial charge in [-0.05, 0) is 31.2 Å². The highest BCUT2D eigenvalue weighted by molar-refractivity contribution is 6.07. The van der Waals surface area contributed by atoms with Gasteiger partial charge < -0.3 is 15.5 Å². The molecule has 2 N–H and O–H groups in total. The van der Waals surface area contributed by atoms with Gasteiger partial charge >= 0.3 is 0 Å². The summed E-state index contributed by atoms with van der Waals surface area (Å²) >= 11 is 0. The molecule has 1 fully saturated rings. The van der Waals surface area contributed by atoms with Gasteiger partial charge in [0.15, 0.2) is 0 Å². The van der Waals surface area contributed by atoms with Gasteiger partial charge in [-0.2, -0.15) is 0 Å². The number of carbonyl (C=O) groups is 3. The van der Waals surface area contributed by atoms with Crippen LogP contribution in [0, 0.1) is 5.92 Å². The summed E-state index contributed by atoms with van der Waals surface area (Å²) in [6, 6.07) is 16.2. The smallest absolute Gasteiger partial charge is 0.253 e. The Labute approximate surface area is 152 Å². The fraction of sp³-hybridized carbons (Fsp3) is 0.250. The quantitative estimate of drug-likeness (QED) is 0.868. The second-order valence-corrected chi connectivity index (χ2v) is 6.14. The zero-order chi connectivity index (χ0) is 18.5. The summed E-state index contributed by atoms with van der Waals surface area (Å²) in [5.41, 5.74) is 1.65. The summed E-state index contributed by atoms with van der Waals surface area (Å²) in [6.45, 7) is 2.67. The second kappa shape index (κ2) is 7.82. The predicted molar refractivity (Wildman–Crippen MR) is 100.0 cm³/mol. The molecule has 6 heteroatoms. The van der Waals surface area contributed by atoms with Gasteiger partial charge in [-0.25, -0.2) is 0 Å². The third-order valence-corrected chi connectivity index (χ3v) is 4.33. The molecule has 26 heavy (non-hydrogen) atoms. The molecule has 2 aromatic carbocycles. The highest BCUT2D eigenvalue weighted by Crippen LogP contribution is 2.26. The largest absolute Gasteiger partial charge is 0.352 e. The Morgan fingerprint density at radius 1 is 1.08 bits per heavy atom. The highest BCUT2D eigenvalue weighted by Gasteiger charge is 2.35. The van der Waals surface area contributed by atoms with Gasteiger partial charge in [-0.3, -0.25) is 14.4 Å². The molecule has 0 aromatic heterocycles. The molecule has 1 aliphatic heterocycles. The maximum atomic E-state index is 12.6. The SMILES string of the molecule is CCNC(=O)c1ccccc1NC(=O)[C@H]1CC(=O)N(c2ccccc2)C1. The number of hydrogen-bond donors (Lipinski definition) is 2. The van der Waals surface area contributed by atoms with Crippen LogP contribution in [0.3, 0.4) is 0 Å². The first-order valence-electron chi connectivity index (χ1n) is 8.63. The summed E-state index contributed by atoms with van der Waals surface area (Å²) in [6.07, 6.45) is 0.157. The van der Waals surface area contributed by atoms with Crippen molar-refractivity contribution in [3.63, 3.8) is 0 Å². The van der Waals surface area contributed by atoms with Crippen molar-refractivity contribution in [3.05, 3.63) is 60.2 Å². The minimum absolute atomic E-state index is 0.0756. The molecule has 0 saturated carbocycles. The molecule has 1 heterocycles. The highest BCUT2D eigenvalue weighted by atomic mass is 16.2. The van der Waals surface area contributed by atoms with E-state index in [9.17, 15) is 14.4 Å². The number of carbonyl (C=O) groups excluding carboxylic acids is 3. The van der Waals surface area contributed by atoms with Crippen molar-refractivity contribution in [2.75, 3.05) is 23.3 Å². The number of benzene rings is 2. The normalized spacial score (nSPS) is 16.4. The third-order valence-electron chi connectivity index (χ3n) is 4.33. The summed E-state index contributed by atoms with van der Waals surface area (Å²) < 4.78 is 0. The lowest BCUT2D eigenvalue weighted by Gasteiger charge is -2.17. The van der Waals surface area contributed by atoms with Crippen LogP contribution >= 0.6 is 0 Å². The van der Waals surface area contributed by atoms with E-state index >= 15 is 0 Å². The Bertz CT molecular complexity index is 820. The lowest BCUT2D eigenvalue weighted by Crippen LogP contribution is -2.29. The van der Waals surface area contributed by atoms with E-state index < -0.39 is 5.92 Å². The van der Waals surface area contributed by atoms with Crippen LogP contribution in [0.15, 0.2) is 54.6 Å². The van der Waals surface area contributed by atoms with Gasteiger partial charge in [0, 0.05) is 25.2 Å². The lowest BCUT2D eigenvalue weighted by atomic mass is 10.1. The molecule has 6 nitrogen and oxygen atoms in total. The van der Waals surface area contributed by atoms with Crippen LogP contribution in [0.1, 0.15) is 23.7 Å². The average molecular weight is 351 g/mol. The van der Waals surface area contributed by atoms with Crippen molar-refractivity contribution in [1.29, 1.82) is 0 Å². The van der Waals surface area contributed by atoms with Crippen LogP contribution in [0.4, 0.5) is 11.4 Å². The molecular formula is C20H21N3O3. The Morgan fingerprint density at radius 2 is 1.77 bits per heavy atom. The van der Waals surface area contributed by atoms with E-state index in [0.717, 1.165) is 5.69 Å². The maximum Gasteiger partial charge on any atom is 0.253 e. The van der Waals surface area contributed by atoms with Gasteiger partial charge in [0.05, 0.1) is 17.2 Å². The van der Waals surface area contributed by atoms with Gasteiger partial charge in [0.25, 0.3) is 5.91 Å². The van der Waals surface area contributed by atoms with Crippen LogP contribution < -0.4 is 15.5 Å². The Morgan fingerprint density at radius 3 is 2.50 bits per heavy atom. The molecule has 0 spiro atoms. The fourth-order valence-electron chi connectivity index (χ4n) is 3.02. The number of anilines is 2. The molecular weight excluding hydrogens is 330 g/mol. The van der Waals surface area contributed by atoms with Crippen LogP contribution in [-0.4, -0.2) is 30.8 Å². The average Bonchev–Trinajstić information content (AvgIpc) is 3.05. The van der Waals surface area contributed by atoms with Crippen molar-refractivity contribution in [3.8, 4) is 0 Å². The number of hydrogen-bond acceptors (Lipinski definition) is 3. The number of nitrogens with zero attached hydrogens (tertiary/aromatic N) is 1. The zero-order valence-electron chi connectivity index (χ0n) is 14.6. The first-order chi connectivity index (χ1) is 12.6. The molecule has 0 aliphatic carbocycles. The molecule has 1 aliphatic rings. The summed E-state index contributed by atoms with van der Waals surface area (Å²) in [7, 11) is 0. The monoisotopic (exact) mass is 351 g/mol. The lowest BCUT2D eigenvalue weighted by molar-refractivity contribution is -0.122. The fourth-order valence-corrected chi connectivity index (χ4v) is 3.02. The standard InChI is InChI=1S/C20H21N3O3/c1-2-21-20(26)16-10-6-7-11-17(16)22-19(25)14-12-18(24)23(13-14)15-8-4-3-5-9-15/h3-11,14H,2,12-13H2,1H3,(H,21,26)(H,22,25)/t14-/m0/s1. The van der Waals surface area contributed by atoms with Crippen molar-refractivity contribution in [2.45, 2.75) is 13.3 Å². The van der Waals surface area contributed by atoms with E-state index in [-0.39, 0.29) is 24.1 Å². The topological polar surface area (TPSA) is 78.5 Å².